The van der Waals surface area contributed by atoms with Gasteiger partial charge in [0, 0.05) is 18.7 Å². The number of carbonyl (C=O) groups is 1. The number of carbonyl (C=O) groups excluding carboxylic acids is 1. The van der Waals surface area contributed by atoms with Gasteiger partial charge in [-0.3, -0.25) is 4.79 Å². The van der Waals surface area contributed by atoms with Crippen molar-refractivity contribution in [3.8, 4) is 0 Å². The molecule has 0 radical (unpaired) electrons. The van der Waals surface area contributed by atoms with Crippen molar-refractivity contribution in [2.45, 2.75) is 32.8 Å². The Hall–Kier alpha value is -1.46. The number of benzene rings is 1. The number of aliphatic hydroxyl groups excluding tert-OH is 1. The van der Waals surface area contributed by atoms with E-state index in [-0.39, 0.29) is 24.6 Å². The monoisotopic (exact) mass is 282 g/mol. The van der Waals surface area contributed by atoms with E-state index < -0.39 is 17.3 Å². The van der Waals surface area contributed by atoms with Crippen molar-refractivity contribution in [1.82, 2.24) is 5.32 Å². The van der Waals surface area contributed by atoms with Gasteiger partial charge in [-0.05, 0) is 18.9 Å². The highest BCUT2D eigenvalue weighted by Gasteiger charge is 2.33. The van der Waals surface area contributed by atoms with Gasteiger partial charge in [-0.25, -0.2) is 4.39 Å². The summed E-state index contributed by atoms with van der Waals surface area (Å²) in [6, 6.07) is 5.98. The predicted octanol–water partition coefficient (Wildman–Crippen LogP) is 1.74. The number of nitrogens with one attached hydrogen (secondary N) is 1. The Morgan fingerprint density at radius 2 is 2.00 bits per heavy atom. The number of aliphatic hydroxyl groups is 1. The number of halogens is 1. The van der Waals surface area contributed by atoms with Gasteiger partial charge in [-0.2, -0.15) is 0 Å². The first-order valence-corrected chi connectivity index (χ1v) is 6.91. The van der Waals surface area contributed by atoms with Crippen LogP contribution in [-0.4, -0.2) is 24.1 Å². The summed E-state index contributed by atoms with van der Waals surface area (Å²) in [7, 11) is 0. The first-order valence-electron chi connectivity index (χ1n) is 6.91. The lowest BCUT2D eigenvalue weighted by Gasteiger charge is -2.29. The molecule has 0 aliphatic heterocycles. The number of hydrogen-bond donors (Lipinski definition) is 3. The third-order valence-corrected chi connectivity index (χ3v) is 3.95. The maximum Gasteiger partial charge on any atom is 0.227 e. The fourth-order valence-corrected chi connectivity index (χ4v) is 2.18. The molecular formula is C15H23FN2O2. The number of hydrogen-bond acceptors (Lipinski definition) is 3. The third kappa shape index (κ3) is 3.55. The number of amides is 1. The highest BCUT2D eigenvalue weighted by molar-refractivity contribution is 5.82. The van der Waals surface area contributed by atoms with Gasteiger partial charge < -0.3 is 16.2 Å². The Morgan fingerprint density at radius 1 is 1.40 bits per heavy atom. The number of rotatable bonds is 7. The normalized spacial score (nSPS) is 13.1. The van der Waals surface area contributed by atoms with E-state index in [9.17, 15) is 14.3 Å². The van der Waals surface area contributed by atoms with E-state index in [1.165, 1.54) is 12.1 Å². The van der Waals surface area contributed by atoms with Crippen molar-refractivity contribution in [2.75, 3.05) is 13.1 Å². The molecule has 0 spiro atoms. The van der Waals surface area contributed by atoms with Crippen molar-refractivity contribution in [1.29, 1.82) is 0 Å². The van der Waals surface area contributed by atoms with Crippen LogP contribution in [0.15, 0.2) is 24.3 Å². The molecule has 4 nitrogen and oxygen atoms in total. The maximum atomic E-state index is 13.5. The quantitative estimate of drug-likeness (QED) is 0.713. The van der Waals surface area contributed by atoms with E-state index in [0.717, 1.165) is 0 Å². The lowest BCUT2D eigenvalue weighted by molar-refractivity contribution is -0.131. The smallest absolute Gasteiger partial charge is 0.227 e. The van der Waals surface area contributed by atoms with Gasteiger partial charge in [-0.15, -0.1) is 0 Å². The van der Waals surface area contributed by atoms with Gasteiger partial charge in [0.2, 0.25) is 5.91 Å². The van der Waals surface area contributed by atoms with Crippen LogP contribution in [0.3, 0.4) is 0 Å². The molecule has 0 heterocycles. The van der Waals surface area contributed by atoms with E-state index in [1.807, 2.05) is 13.8 Å². The second kappa shape index (κ2) is 7.36. The third-order valence-electron chi connectivity index (χ3n) is 3.95. The average molecular weight is 282 g/mol. The van der Waals surface area contributed by atoms with Crippen molar-refractivity contribution in [3.05, 3.63) is 35.6 Å². The zero-order chi connectivity index (χ0) is 15.2. The molecule has 1 aromatic carbocycles. The van der Waals surface area contributed by atoms with Crippen LogP contribution in [0.5, 0.6) is 0 Å². The molecule has 0 aliphatic rings. The lowest BCUT2D eigenvalue weighted by Crippen LogP contribution is -2.46. The largest absolute Gasteiger partial charge is 0.386 e. The van der Waals surface area contributed by atoms with E-state index in [2.05, 4.69) is 5.32 Å². The Labute approximate surface area is 119 Å². The molecule has 4 N–H and O–H groups in total. The molecule has 0 aromatic heterocycles. The summed E-state index contributed by atoms with van der Waals surface area (Å²) in [5.41, 5.74) is 5.25. The molecular weight excluding hydrogens is 259 g/mol. The Kier molecular flexibility index (Phi) is 6.10. The van der Waals surface area contributed by atoms with Crippen LogP contribution >= 0.6 is 0 Å². The van der Waals surface area contributed by atoms with Crippen molar-refractivity contribution < 1.29 is 14.3 Å². The molecule has 0 bridgehead atoms. The SMILES string of the molecule is CCC(CC)(CN)C(=O)NCC(O)c1ccccc1F. The van der Waals surface area contributed by atoms with Gasteiger partial charge in [0.15, 0.2) is 0 Å². The van der Waals surface area contributed by atoms with Crippen LogP contribution in [0.2, 0.25) is 0 Å². The first-order chi connectivity index (χ1) is 9.50. The summed E-state index contributed by atoms with van der Waals surface area (Å²) < 4.78 is 13.5. The summed E-state index contributed by atoms with van der Waals surface area (Å²) in [4.78, 5) is 12.2. The van der Waals surface area contributed by atoms with Crippen molar-refractivity contribution >= 4 is 5.91 Å². The average Bonchev–Trinajstić information content (AvgIpc) is 2.47. The van der Waals surface area contributed by atoms with Gasteiger partial charge >= 0.3 is 0 Å². The molecule has 5 heteroatoms. The fraction of sp³-hybridized carbons (Fsp3) is 0.533. The highest BCUT2D eigenvalue weighted by atomic mass is 19.1. The van der Waals surface area contributed by atoms with Gasteiger partial charge in [0.05, 0.1) is 11.5 Å². The standard InChI is InChI=1S/C15H23FN2O2/c1-3-15(4-2,10-17)14(20)18-9-13(19)11-7-5-6-8-12(11)16/h5-8,13,19H,3-4,9-10,17H2,1-2H3,(H,18,20). The second-order valence-corrected chi connectivity index (χ2v) is 4.94. The van der Waals surface area contributed by atoms with E-state index >= 15 is 0 Å². The zero-order valence-electron chi connectivity index (χ0n) is 12.0. The topological polar surface area (TPSA) is 75.4 Å². The molecule has 1 rings (SSSR count). The number of nitrogens with two attached hydrogens (primary N) is 1. The summed E-state index contributed by atoms with van der Waals surface area (Å²) in [5, 5.41) is 12.6. The summed E-state index contributed by atoms with van der Waals surface area (Å²) >= 11 is 0. The summed E-state index contributed by atoms with van der Waals surface area (Å²) in [6.07, 6.45) is 0.188. The zero-order valence-corrected chi connectivity index (χ0v) is 12.0. The van der Waals surface area contributed by atoms with Crippen LogP contribution in [0.25, 0.3) is 0 Å². The highest BCUT2D eigenvalue weighted by Crippen LogP contribution is 2.25. The van der Waals surface area contributed by atoms with Crippen LogP contribution in [-0.2, 0) is 4.79 Å². The Morgan fingerprint density at radius 3 is 2.50 bits per heavy atom. The van der Waals surface area contributed by atoms with Gasteiger partial charge in [-0.1, -0.05) is 32.0 Å². The molecule has 0 saturated heterocycles. The molecule has 1 aromatic rings. The van der Waals surface area contributed by atoms with Crippen LogP contribution < -0.4 is 11.1 Å². The first kappa shape index (κ1) is 16.6. The summed E-state index contributed by atoms with van der Waals surface area (Å²) in [5.74, 6) is -0.675. The van der Waals surface area contributed by atoms with Crippen molar-refractivity contribution in [2.24, 2.45) is 11.1 Å². The molecule has 1 amide bonds. The molecule has 0 saturated carbocycles. The maximum absolute atomic E-state index is 13.5. The van der Waals surface area contributed by atoms with E-state index in [0.29, 0.717) is 12.8 Å². The van der Waals surface area contributed by atoms with Gasteiger partial charge in [0.1, 0.15) is 5.82 Å². The van der Waals surface area contributed by atoms with Gasteiger partial charge in [0.25, 0.3) is 0 Å². The predicted molar refractivity (Wildman–Crippen MR) is 76.4 cm³/mol. The molecule has 112 valence electrons. The fourth-order valence-electron chi connectivity index (χ4n) is 2.18. The Balaban J connectivity index is 2.67. The van der Waals surface area contributed by atoms with Crippen molar-refractivity contribution in [3.63, 3.8) is 0 Å². The lowest BCUT2D eigenvalue weighted by atomic mass is 9.81. The second-order valence-electron chi connectivity index (χ2n) is 4.94. The summed E-state index contributed by atoms with van der Waals surface area (Å²) in [6.45, 7) is 4.04. The van der Waals surface area contributed by atoms with E-state index in [4.69, 9.17) is 5.73 Å². The molecule has 1 atom stereocenters. The van der Waals surface area contributed by atoms with Crippen LogP contribution in [0.4, 0.5) is 4.39 Å². The molecule has 0 aliphatic carbocycles. The van der Waals surface area contributed by atoms with E-state index in [1.54, 1.807) is 12.1 Å². The molecule has 1 unspecified atom stereocenters. The van der Waals surface area contributed by atoms with Crippen LogP contribution in [0.1, 0.15) is 38.4 Å². The molecule has 0 fully saturated rings. The minimum atomic E-state index is -1.07. The van der Waals surface area contributed by atoms with Crippen LogP contribution in [0, 0.1) is 11.2 Å². The Bertz CT molecular complexity index is 439. The minimum Gasteiger partial charge on any atom is -0.386 e. The minimum absolute atomic E-state index is 0.0263. The molecule has 20 heavy (non-hydrogen) atoms.